The number of hydrogen-bond acceptors (Lipinski definition) is 4. The highest BCUT2D eigenvalue weighted by molar-refractivity contribution is 9.10. The second kappa shape index (κ2) is 5.60. The zero-order chi connectivity index (χ0) is 12.1. The number of esters is 1. The molecule has 0 aliphatic heterocycles. The highest BCUT2D eigenvalue weighted by Gasteiger charge is 2.17. The smallest absolute Gasteiger partial charge is 0.305 e. The van der Waals surface area contributed by atoms with E-state index in [9.17, 15) is 14.9 Å². The summed E-state index contributed by atoms with van der Waals surface area (Å²) in [5.41, 5.74) is 0.524. The third kappa shape index (κ3) is 3.03. The van der Waals surface area contributed by atoms with Gasteiger partial charge < -0.3 is 4.74 Å². The maximum Gasteiger partial charge on any atom is 0.305 e. The third-order valence-corrected chi connectivity index (χ3v) is 2.84. The summed E-state index contributed by atoms with van der Waals surface area (Å²) in [7, 11) is 1.29. The Kier molecular flexibility index (Phi) is 4.42. The molecule has 0 saturated carbocycles. The second-order valence-electron chi connectivity index (χ2n) is 3.07. The first-order valence-corrected chi connectivity index (χ1v) is 5.34. The number of nitro groups is 1. The van der Waals surface area contributed by atoms with E-state index in [0.717, 1.165) is 0 Å². The van der Waals surface area contributed by atoms with Crippen molar-refractivity contribution in [2.45, 2.75) is 12.8 Å². The molecule has 0 spiro atoms. The van der Waals surface area contributed by atoms with Gasteiger partial charge in [0, 0.05) is 22.5 Å². The largest absolute Gasteiger partial charge is 0.469 e. The number of rotatable bonds is 4. The van der Waals surface area contributed by atoms with E-state index >= 15 is 0 Å². The van der Waals surface area contributed by atoms with Crippen molar-refractivity contribution >= 4 is 27.6 Å². The Bertz CT molecular complexity index is 419. The summed E-state index contributed by atoms with van der Waals surface area (Å²) in [6.07, 6.45) is 0.407. The van der Waals surface area contributed by atoms with E-state index in [2.05, 4.69) is 20.7 Å². The minimum Gasteiger partial charge on any atom is -0.469 e. The van der Waals surface area contributed by atoms with Gasteiger partial charge in [-0.1, -0.05) is 22.0 Å². The molecule has 1 rings (SSSR count). The van der Waals surface area contributed by atoms with Gasteiger partial charge in [0.1, 0.15) is 0 Å². The summed E-state index contributed by atoms with van der Waals surface area (Å²) in [5, 5.41) is 10.8. The number of hydrogen-bond donors (Lipinski definition) is 0. The van der Waals surface area contributed by atoms with E-state index in [1.165, 1.54) is 13.2 Å². The van der Waals surface area contributed by atoms with E-state index in [1.807, 2.05) is 0 Å². The van der Waals surface area contributed by atoms with Crippen molar-refractivity contribution in [3.63, 3.8) is 0 Å². The molecule has 0 aliphatic rings. The monoisotopic (exact) mass is 287 g/mol. The van der Waals surface area contributed by atoms with Crippen LogP contribution < -0.4 is 0 Å². The summed E-state index contributed by atoms with van der Waals surface area (Å²) >= 11 is 3.23. The lowest BCUT2D eigenvalue weighted by atomic mass is 10.1. The Morgan fingerprint density at radius 3 is 2.81 bits per heavy atom. The van der Waals surface area contributed by atoms with Gasteiger partial charge in [-0.3, -0.25) is 14.9 Å². The summed E-state index contributed by atoms with van der Waals surface area (Å²) < 4.78 is 5.12. The van der Waals surface area contributed by atoms with Crippen molar-refractivity contribution in [3.8, 4) is 0 Å². The highest BCUT2D eigenvalue weighted by atomic mass is 79.9. The number of nitrogens with zero attached hydrogens (tertiary/aromatic N) is 1. The molecule has 5 nitrogen and oxygen atoms in total. The Hall–Kier alpha value is -1.43. The summed E-state index contributed by atoms with van der Waals surface area (Å²) in [5.74, 6) is -0.384. The normalized spacial score (nSPS) is 9.88. The van der Waals surface area contributed by atoms with Crippen LogP contribution in [0.15, 0.2) is 22.7 Å². The predicted molar refractivity (Wildman–Crippen MR) is 61.1 cm³/mol. The molecule has 6 heteroatoms. The zero-order valence-electron chi connectivity index (χ0n) is 8.60. The van der Waals surface area contributed by atoms with E-state index in [-0.39, 0.29) is 24.5 Å². The number of carbonyl (C=O) groups excluding carboxylic acids is 1. The van der Waals surface area contributed by atoms with Gasteiger partial charge >= 0.3 is 5.97 Å². The van der Waals surface area contributed by atoms with Crippen molar-refractivity contribution in [1.29, 1.82) is 0 Å². The van der Waals surface area contributed by atoms with Crippen LogP contribution in [0.1, 0.15) is 12.0 Å². The first-order chi connectivity index (χ1) is 7.56. The number of nitro benzene ring substituents is 1. The minimum absolute atomic E-state index is 0.0123. The van der Waals surface area contributed by atoms with Gasteiger partial charge in [0.25, 0.3) is 5.69 Å². The standard InChI is InChI=1S/C10H10BrNO4/c1-16-10(13)6-5-7-8(11)3-2-4-9(7)12(14)15/h2-4H,5-6H2,1H3. The van der Waals surface area contributed by atoms with Gasteiger partial charge in [-0.05, 0) is 12.5 Å². The molecule has 0 heterocycles. The quantitative estimate of drug-likeness (QED) is 0.485. The maximum atomic E-state index is 11.0. The predicted octanol–water partition coefficient (Wildman–Crippen LogP) is 2.46. The number of carbonyl (C=O) groups is 1. The molecule has 0 aliphatic carbocycles. The van der Waals surface area contributed by atoms with Crippen molar-refractivity contribution in [1.82, 2.24) is 0 Å². The fourth-order valence-corrected chi connectivity index (χ4v) is 1.85. The van der Waals surface area contributed by atoms with Crippen LogP contribution in [0.3, 0.4) is 0 Å². The van der Waals surface area contributed by atoms with Crippen LogP contribution in [0.2, 0.25) is 0 Å². The van der Waals surface area contributed by atoms with E-state index in [4.69, 9.17) is 0 Å². The number of halogens is 1. The van der Waals surface area contributed by atoms with Crippen molar-refractivity contribution in [3.05, 3.63) is 38.3 Å². The lowest BCUT2D eigenvalue weighted by molar-refractivity contribution is -0.385. The molecule has 0 unspecified atom stereocenters. The number of methoxy groups -OCH3 is 1. The molecular weight excluding hydrogens is 278 g/mol. The summed E-state index contributed by atoms with van der Waals surface area (Å²) in [6.45, 7) is 0. The van der Waals surface area contributed by atoms with Gasteiger partial charge in [-0.2, -0.15) is 0 Å². The van der Waals surface area contributed by atoms with Crippen LogP contribution in [0.4, 0.5) is 5.69 Å². The molecule has 0 bridgehead atoms. The molecule has 1 aromatic rings. The molecule has 0 atom stereocenters. The third-order valence-electron chi connectivity index (χ3n) is 2.10. The van der Waals surface area contributed by atoms with Gasteiger partial charge in [0.2, 0.25) is 0 Å². The van der Waals surface area contributed by atoms with Gasteiger partial charge in [0.15, 0.2) is 0 Å². The molecule has 86 valence electrons. The van der Waals surface area contributed by atoms with Gasteiger partial charge in [-0.15, -0.1) is 0 Å². The van der Waals surface area contributed by atoms with Crippen molar-refractivity contribution < 1.29 is 14.5 Å². The van der Waals surface area contributed by atoms with E-state index in [1.54, 1.807) is 12.1 Å². The van der Waals surface area contributed by atoms with Crippen LogP contribution in [-0.2, 0) is 16.0 Å². The Morgan fingerprint density at radius 1 is 1.56 bits per heavy atom. The van der Waals surface area contributed by atoms with E-state index < -0.39 is 4.92 Å². The van der Waals surface area contributed by atoms with Gasteiger partial charge in [0.05, 0.1) is 12.0 Å². The Labute approximate surface area is 101 Å². The molecule has 0 saturated heterocycles. The zero-order valence-corrected chi connectivity index (χ0v) is 10.2. The molecule has 0 N–H and O–H groups in total. The molecule has 0 fully saturated rings. The first-order valence-electron chi connectivity index (χ1n) is 4.55. The Morgan fingerprint density at radius 2 is 2.25 bits per heavy atom. The topological polar surface area (TPSA) is 69.4 Å². The van der Waals surface area contributed by atoms with E-state index in [0.29, 0.717) is 10.0 Å². The highest BCUT2D eigenvalue weighted by Crippen LogP contribution is 2.27. The fourth-order valence-electron chi connectivity index (χ4n) is 1.29. The Balaban J connectivity index is 2.93. The first kappa shape index (κ1) is 12.6. The maximum absolute atomic E-state index is 11.0. The number of benzene rings is 1. The SMILES string of the molecule is COC(=O)CCc1c(Br)cccc1[N+](=O)[O-]. The second-order valence-corrected chi connectivity index (χ2v) is 3.93. The average Bonchev–Trinajstić information content (AvgIpc) is 2.26. The van der Waals surface area contributed by atoms with Crippen molar-refractivity contribution in [2.24, 2.45) is 0 Å². The summed E-state index contributed by atoms with van der Waals surface area (Å²) in [6, 6.07) is 4.71. The molecule has 0 amide bonds. The lowest BCUT2D eigenvalue weighted by Crippen LogP contribution is -2.04. The average molecular weight is 288 g/mol. The molecular formula is C10H10BrNO4. The number of ether oxygens (including phenoxy) is 1. The lowest BCUT2D eigenvalue weighted by Gasteiger charge is -2.04. The molecule has 16 heavy (non-hydrogen) atoms. The van der Waals surface area contributed by atoms with Crippen LogP contribution in [-0.4, -0.2) is 18.0 Å². The molecule has 1 aromatic carbocycles. The fraction of sp³-hybridized carbons (Fsp3) is 0.300. The van der Waals surface area contributed by atoms with Crippen LogP contribution in [0.25, 0.3) is 0 Å². The minimum atomic E-state index is -0.461. The summed E-state index contributed by atoms with van der Waals surface area (Å²) in [4.78, 5) is 21.3. The van der Waals surface area contributed by atoms with Crippen LogP contribution in [0, 0.1) is 10.1 Å². The van der Waals surface area contributed by atoms with Crippen LogP contribution >= 0.6 is 15.9 Å². The molecule has 0 radical (unpaired) electrons. The molecule has 0 aromatic heterocycles. The van der Waals surface area contributed by atoms with Crippen LogP contribution in [0.5, 0.6) is 0 Å². The van der Waals surface area contributed by atoms with Gasteiger partial charge in [-0.25, -0.2) is 0 Å². The van der Waals surface area contributed by atoms with Crippen molar-refractivity contribution in [2.75, 3.05) is 7.11 Å².